The lowest BCUT2D eigenvalue weighted by molar-refractivity contribution is -0.145. The summed E-state index contributed by atoms with van der Waals surface area (Å²) in [6, 6.07) is 7.79. The molecule has 0 radical (unpaired) electrons. The van der Waals surface area contributed by atoms with E-state index in [9.17, 15) is 4.79 Å². The van der Waals surface area contributed by atoms with Crippen molar-refractivity contribution in [3.63, 3.8) is 0 Å². The summed E-state index contributed by atoms with van der Waals surface area (Å²) >= 11 is 0. The van der Waals surface area contributed by atoms with Gasteiger partial charge in [-0.15, -0.1) is 0 Å². The van der Waals surface area contributed by atoms with Crippen molar-refractivity contribution >= 4 is 11.7 Å². The van der Waals surface area contributed by atoms with Gasteiger partial charge in [0.05, 0.1) is 13.2 Å². The van der Waals surface area contributed by atoms with Gasteiger partial charge in [-0.25, -0.2) is 0 Å². The number of esters is 1. The Balaban J connectivity index is 2.49. The molecule has 0 atom stereocenters. The normalized spacial score (nSPS) is 10.8. The first-order valence-electron chi connectivity index (χ1n) is 7.38. The fraction of sp³-hybridized carbons (Fsp3) is 0.562. The zero-order chi connectivity index (χ0) is 14.8. The summed E-state index contributed by atoms with van der Waals surface area (Å²) in [4.78, 5) is 13.9. The number of carbonyl (C=O) groups is 1. The first-order chi connectivity index (χ1) is 9.65. The average Bonchev–Trinajstić information content (AvgIpc) is 2.39. The summed E-state index contributed by atoms with van der Waals surface area (Å²) < 4.78 is 5.22. The fourth-order valence-electron chi connectivity index (χ4n) is 2.04. The highest BCUT2D eigenvalue weighted by atomic mass is 16.5. The maximum Gasteiger partial charge on any atom is 0.320 e. The van der Waals surface area contributed by atoms with Crippen LogP contribution in [0.5, 0.6) is 0 Å². The third-order valence-corrected chi connectivity index (χ3v) is 3.01. The van der Waals surface area contributed by atoms with Gasteiger partial charge < -0.3 is 10.5 Å². The second-order valence-electron chi connectivity index (χ2n) is 5.03. The van der Waals surface area contributed by atoms with Crippen LogP contribution in [-0.2, 0) is 16.1 Å². The average molecular weight is 278 g/mol. The van der Waals surface area contributed by atoms with E-state index in [1.54, 1.807) is 0 Å². The van der Waals surface area contributed by atoms with Crippen LogP contribution in [0.2, 0.25) is 0 Å². The highest BCUT2D eigenvalue weighted by Crippen LogP contribution is 2.10. The van der Waals surface area contributed by atoms with E-state index in [1.165, 1.54) is 0 Å². The van der Waals surface area contributed by atoms with Gasteiger partial charge in [0.15, 0.2) is 0 Å². The number of unbranched alkanes of at least 4 members (excludes halogenated alkanes) is 1. The van der Waals surface area contributed by atoms with Crippen LogP contribution in [-0.4, -0.2) is 30.6 Å². The van der Waals surface area contributed by atoms with E-state index in [-0.39, 0.29) is 5.97 Å². The molecular weight excluding hydrogens is 252 g/mol. The van der Waals surface area contributed by atoms with Crippen molar-refractivity contribution in [1.29, 1.82) is 0 Å². The van der Waals surface area contributed by atoms with Crippen molar-refractivity contribution in [2.24, 2.45) is 0 Å². The van der Waals surface area contributed by atoms with Crippen LogP contribution in [0, 0.1) is 0 Å². The van der Waals surface area contributed by atoms with Gasteiger partial charge in [-0.3, -0.25) is 9.69 Å². The van der Waals surface area contributed by atoms with Gasteiger partial charge >= 0.3 is 5.97 Å². The van der Waals surface area contributed by atoms with E-state index in [1.807, 2.05) is 24.3 Å². The molecule has 4 heteroatoms. The molecule has 1 aromatic rings. The molecular formula is C16H26N2O2. The lowest BCUT2D eigenvalue weighted by atomic mass is 10.2. The van der Waals surface area contributed by atoms with Crippen LogP contribution in [0.3, 0.4) is 0 Å². The lowest BCUT2D eigenvalue weighted by Crippen LogP contribution is -2.31. The number of anilines is 1. The number of nitrogen functional groups attached to an aromatic ring is 1. The molecule has 20 heavy (non-hydrogen) atoms. The summed E-state index contributed by atoms with van der Waals surface area (Å²) in [5, 5.41) is 0. The first-order valence-corrected chi connectivity index (χ1v) is 7.38. The molecule has 0 aliphatic heterocycles. The van der Waals surface area contributed by atoms with Gasteiger partial charge in [-0.1, -0.05) is 32.4 Å². The monoisotopic (exact) mass is 278 g/mol. The summed E-state index contributed by atoms with van der Waals surface area (Å²) in [7, 11) is 0. The van der Waals surface area contributed by atoms with Crippen LogP contribution < -0.4 is 5.73 Å². The van der Waals surface area contributed by atoms with Crippen LogP contribution in [0.1, 0.15) is 38.7 Å². The molecule has 4 nitrogen and oxygen atoms in total. The van der Waals surface area contributed by atoms with Crippen LogP contribution in [0.15, 0.2) is 24.3 Å². The molecule has 112 valence electrons. The number of hydrogen-bond acceptors (Lipinski definition) is 4. The van der Waals surface area contributed by atoms with Crippen molar-refractivity contribution < 1.29 is 9.53 Å². The smallest absolute Gasteiger partial charge is 0.320 e. The Labute approximate surface area is 121 Å². The van der Waals surface area contributed by atoms with Gasteiger partial charge in [0.1, 0.15) is 0 Å². The molecule has 2 N–H and O–H groups in total. The Bertz CT molecular complexity index is 407. The molecule has 0 unspecified atom stereocenters. The molecule has 0 aliphatic rings. The molecule has 0 spiro atoms. The first kappa shape index (κ1) is 16.5. The third-order valence-electron chi connectivity index (χ3n) is 3.01. The Morgan fingerprint density at radius 3 is 2.75 bits per heavy atom. The van der Waals surface area contributed by atoms with Crippen molar-refractivity contribution in [1.82, 2.24) is 4.90 Å². The summed E-state index contributed by atoms with van der Waals surface area (Å²) in [6.45, 7) is 6.64. The standard InChI is InChI=1S/C16H26N2O2/c1-3-5-10-20-16(19)13-18(9-4-2)12-14-7-6-8-15(17)11-14/h6-8,11H,3-5,9-10,12-13,17H2,1-2H3. The minimum Gasteiger partial charge on any atom is -0.465 e. The van der Waals surface area contributed by atoms with Crippen molar-refractivity contribution in [2.45, 2.75) is 39.7 Å². The zero-order valence-electron chi connectivity index (χ0n) is 12.6. The van der Waals surface area contributed by atoms with Gasteiger partial charge in [-0.05, 0) is 37.1 Å². The van der Waals surface area contributed by atoms with Crippen LogP contribution in [0.25, 0.3) is 0 Å². The molecule has 1 rings (SSSR count). The fourth-order valence-corrected chi connectivity index (χ4v) is 2.04. The van der Waals surface area contributed by atoms with Gasteiger partial charge in [0.25, 0.3) is 0 Å². The topological polar surface area (TPSA) is 55.6 Å². The molecule has 1 aromatic carbocycles. The van der Waals surface area contributed by atoms with E-state index < -0.39 is 0 Å². The molecule has 0 fully saturated rings. The third kappa shape index (κ3) is 6.57. The number of nitrogens with zero attached hydrogens (tertiary/aromatic N) is 1. The Hall–Kier alpha value is -1.55. The van der Waals surface area contributed by atoms with Gasteiger partial charge in [-0.2, -0.15) is 0 Å². The summed E-state index contributed by atoms with van der Waals surface area (Å²) in [5.41, 5.74) is 7.66. The maximum absolute atomic E-state index is 11.8. The molecule has 0 heterocycles. The van der Waals surface area contributed by atoms with Crippen molar-refractivity contribution in [3.8, 4) is 0 Å². The minimum absolute atomic E-state index is 0.143. The van der Waals surface area contributed by atoms with Crippen molar-refractivity contribution in [3.05, 3.63) is 29.8 Å². The lowest BCUT2D eigenvalue weighted by Gasteiger charge is -2.21. The van der Waals surface area contributed by atoms with E-state index in [0.717, 1.165) is 43.6 Å². The molecule has 0 bridgehead atoms. The van der Waals surface area contributed by atoms with E-state index >= 15 is 0 Å². The van der Waals surface area contributed by atoms with Gasteiger partial charge in [0, 0.05) is 12.2 Å². The second kappa shape index (κ2) is 9.37. The summed E-state index contributed by atoms with van der Waals surface area (Å²) in [5.74, 6) is -0.143. The van der Waals surface area contributed by atoms with Crippen LogP contribution >= 0.6 is 0 Å². The van der Waals surface area contributed by atoms with Gasteiger partial charge in [0.2, 0.25) is 0 Å². The number of rotatable bonds is 9. The molecule has 0 saturated carbocycles. The number of carbonyl (C=O) groups excluding carboxylic acids is 1. The summed E-state index contributed by atoms with van der Waals surface area (Å²) in [6.07, 6.45) is 2.97. The number of benzene rings is 1. The molecule has 0 aliphatic carbocycles. The predicted octanol–water partition coefficient (Wildman–Crippen LogP) is 2.82. The second-order valence-corrected chi connectivity index (χ2v) is 5.03. The van der Waals surface area contributed by atoms with E-state index in [4.69, 9.17) is 10.5 Å². The van der Waals surface area contributed by atoms with E-state index in [0.29, 0.717) is 13.2 Å². The maximum atomic E-state index is 11.8. The SMILES string of the molecule is CCCCOC(=O)CN(CCC)Cc1cccc(N)c1. The highest BCUT2D eigenvalue weighted by Gasteiger charge is 2.11. The largest absolute Gasteiger partial charge is 0.465 e. The Morgan fingerprint density at radius 2 is 2.10 bits per heavy atom. The number of nitrogens with two attached hydrogens (primary N) is 1. The molecule has 0 aromatic heterocycles. The molecule has 0 saturated heterocycles. The Kier molecular flexibility index (Phi) is 7.73. The van der Waals surface area contributed by atoms with Crippen molar-refractivity contribution in [2.75, 3.05) is 25.4 Å². The predicted molar refractivity (Wildman–Crippen MR) is 82.3 cm³/mol. The van der Waals surface area contributed by atoms with Crippen LogP contribution in [0.4, 0.5) is 5.69 Å². The van der Waals surface area contributed by atoms with E-state index in [2.05, 4.69) is 18.7 Å². The zero-order valence-corrected chi connectivity index (χ0v) is 12.6. The molecule has 0 amide bonds. The Morgan fingerprint density at radius 1 is 1.30 bits per heavy atom. The number of hydrogen-bond donors (Lipinski definition) is 1. The minimum atomic E-state index is -0.143. The number of ether oxygens (including phenoxy) is 1. The quantitative estimate of drug-likeness (QED) is 0.429. The highest BCUT2D eigenvalue weighted by molar-refractivity contribution is 5.71.